The van der Waals surface area contributed by atoms with E-state index in [0.717, 1.165) is 33.9 Å². The van der Waals surface area contributed by atoms with Crippen LogP contribution in [0.25, 0.3) is 0 Å². The Balaban J connectivity index is 2.49. The highest BCUT2D eigenvalue weighted by molar-refractivity contribution is 5.95. The number of carbonyl (C=O) groups is 5. The summed E-state index contributed by atoms with van der Waals surface area (Å²) in [5.41, 5.74) is -0.490. The van der Waals surface area contributed by atoms with Crippen LogP contribution in [0.3, 0.4) is 0 Å². The van der Waals surface area contributed by atoms with Gasteiger partial charge in [0, 0.05) is 38.5 Å². The lowest BCUT2D eigenvalue weighted by molar-refractivity contribution is -0.384. The molecular weight excluding hydrogens is 500 g/mol. The minimum absolute atomic E-state index is 0.131. The van der Waals surface area contributed by atoms with Crippen molar-refractivity contribution >= 4 is 35.5 Å². The van der Waals surface area contributed by atoms with Crippen LogP contribution < -0.4 is 5.32 Å². The van der Waals surface area contributed by atoms with Gasteiger partial charge in [0.25, 0.3) is 11.6 Å². The van der Waals surface area contributed by atoms with Crippen molar-refractivity contribution in [3.05, 3.63) is 39.9 Å². The average Bonchev–Trinajstić information content (AvgIpc) is 2.83. The van der Waals surface area contributed by atoms with Crippen molar-refractivity contribution in [2.24, 2.45) is 0 Å². The van der Waals surface area contributed by atoms with Gasteiger partial charge in [0.1, 0.15) is 31.5 Å². The maximum absolute atomic E-state index is 13.0. The van der Waals surface area contributed by atoms with Crippen LogP contribution >= 0.6 is 0 Å². The summed E-state index contributed by atoms with van der Waals surface area (Å²) < 4.78 is 31.4. The molecule has 0 saturated carbocycles. The van der Waals surface area contributed by atoms with Crippen LogP contribution in [0.2, 0.25) is 0 Å². The molecule has 5 unspecified atom stereocenters. The van der Waals surface area contributed by atoms with Gasteiger partial charge in [-0.05, 0) is 6.07 Å². The molecule has 1 N–H and O–H groups in total. The Morgan fingerprint density at radius 3 is 2.27 bits per heavy atom. The molecular formula is C22H26N2O13. The van der Waals surface area contributed by atoms with Crippen molar-refractivity contribution in [2.45, 2.75) is 51.4 Å². The van der Waals surface area contributed by atoms with Gasteiger partial charge in [-0.15, -0.1) is 0 Å². The lowest BCUT2D eigenvalue weighted by Crippen LogP contribution is -2.66. The number of nitrogens with one attached hydrogen (secondary N) is 1. The highest BCUT2D eigenvalue weighted by Gasteiger charge is 2.51. The molecule has 1 fully saturated rings. The first-order valence-electron chi connectivity index (χ1n) is 10.8. The number of hydrogen-bond acceptors (Lipinski definition) is 13. The molecule has 5 atom stereocenters. The Morgan fingerprint density at radius 2 is 1.70 bits per heavy atom. The topological polar surface area (TPSA) is 196 Å². The lowest BCUT2D eigenvalue weighted by atomic mass is 9.95. The molecule has 1 aromatic rings. The number of benzene rings is 1. The number of nitrogens with zero attached hydrogens (tertiary/aromatic N) is 1. The van der Waals surface area contributed by atoms with Gasteiger partial charge in [-0.2, -0.15) is 0 Å². The van der Waals surface area contributed by atoms with Crippen LogP contribution in [0.4, 0.5) is 5.69 Å². The van der Waals surface area contributed by atoms with E-state index in [-0.39, 0.29) is 11.3 Å². The number of carbonyl (C=O) groups excluding carboxylic acids is 5. The fourth-order valence-corrected chi connectivity index (χ4v) is 3.41. The summed E-state index contributed by atoms with van der Waals surface area (Å²) >= 11 is 0. The third kappa shape index (κ3) is 8.50. The van der Waals surface area contributed by atoms with Gasteiger partial charge in [-0.3, -0.25) is 29.3 Å². The Bertz CT molecular complexity index is 1040. The molecule has 0 bridgehead atoms. The molecule has 0 aliphatic carbocycles. The zero-order chi connectivity index (χ0) is 27.7. The molecule has 15 nitrogen and oxygen atoms in total. The zero-order valence-corrected chi connectivity index (χ0v) is 20.4. The Hall–Kier alpha value is -4.11. The normalized spacial score (nSPS) is 22.8. The Kier molecular flexibility index (Phi) is 10.4. The van der Waals surface area contributed by atoms with E-state index in [2.05, 4.69) is 10.1 Å². The first-order chi connectivity index (χ1) is 17.4. The molecule has 1 saturated heterocycles. The van der Waals surface area contributed by atoms with Gasteiger partial charge in [-0.1, -0.05) is 6.07 Å². The molecule has 37 heavy (non-hydrogen) atoms. The molecule has 1 aromatic carbocycles. The predicted octanol–water partition coefficient (Wildman–Crippen LogP) is 0.0342. The van der Waals surface area contributed by atoms with E-state index in [1.165, 1.54) is 18.2 Å². The maximum Gasteiger partial charge on any atom is 0.331 e. The van der Waals surface area contributed by atoms with Crippen molar-refractivity contribution in [1.82, 2.24) is 5.32 Å². The van der Waals surface area contributed by atoms with E-state index in [4.69, 9.17) is 23.7 Å². The molecule has 0 spiro atoms. The average molecular weight is 526 g/mol. The molecule has 0 radical (unpaired) electrons. The minimum atomic E-state index is -1.57. The van der Waals surface area contributed by atoms with Crippen molar-refractivity contribution in [2.75, 3.05) is 20.3 Å². The number of ether oxygens (including phenoxy) is 6. The summed E-state index contributed by atoms with van der Waals surface area (Å²) in [6, 6.07) is 3.37. The third-order valence-corrected chi connectivity index (χ3v) is 4.92. The van der Waals surface area contributed by atoms with Crippen molar-refractivity contribution < 1.29 is 57.3 Å². The fraction of sp³-hybridized carbons (Fsp3) is 0.500. The Morgan fingerprint density at radius 1 is 1.03 bits per heavy atom. The fourth-order valence-electron chi connectivity index (χ4n) is 3.41. The van der Waals surface area contributed by atoms with Crippen LogP contribution in [0.1, 0.15) is 31.1 Å². The van der Waals surface area contributed by atoms with Gasteiger partial charge >= 0.3 is 23.9 Å². The first kappa shape index (κ1) is 29.1. The quantitative estimate of drug-likeness (QED) is 0.186. The molecule has 1 aliphatic heterocycles. The van der Waals surface area contributed by atoms with Crippen molar-refractivity contribution in [3.8, 4) is 0 Å². The predicted molar refractivity (Wildman–Crippen MR) is 119 cm³/mol. The summed E-state index contributed by atoms with van der Waals surface area (Å²) in [6.45, 7) is 2.13. The van der Waals surface area contributed by atoms with Crippen LogP contribution in [0.5, 0.6) is 0 Å². The molecule has 1 heterocycles. The molecule has 1 aliphatic rings. The summed E-state index contributed by atoms with van der Waals surface area (Å²) in [7, 11) is 1.10. The van der Waals surface area contributed by atoms with E-state index in [1.807, 2.05) is 0 Å². The zero-order valence-electron chi connectivity index (χ0n) is 20.4. The van der Waals surface area contributed by atoms with Gasteiger partial charge in [0.05, 0.1) is 12.0 Å². The van der Waals surface area contributed by atoms with E-state index in [0.29, 0.717) is 0 Å². The van der Waals surface area contributed by atoms with Gasteiger partial charge < -0.3 is 33.7 Å². The van der Waals surface area contributed by atoms with Crippen LogP contribution in [-0.2, 0) is 47.6 Å². The van der Waals surface area contributed by atoms with Gasteiger partial charge in [0.15, 0.2) is 6.10 Å². The minimum Gasteiger partial charge on any atom is -0.467 e. The molecule has 15 heteroatoms. The van der Waals surface area contributed by atoms with E-state index in [9.17, 15) is 34.1 Å². The molecule has 202 valence electrons. The number of methoxy groups -OCH3 is 1. The highest BCUT2D eigenvalue weighted by Crippen LogP contribution is 2.28. The summed E-state index contributed by atoms with van der Waals surface area (Å²) in [5, 5.41) is 13.6. The van der Waals surface area contributed by atoms with Gasteiger partial charge in [0.2, 0.25) is 6.29 Å². The monoisotopic (exact) mass is 526 g/mol. The standard InChI is InChI=1S/C22H26N2O13/c1-11(25)33-9-16-19(35-12(2)26)20(34-10-17(28)32-4)18(22(37-16)36-13(3)27)23-21(29)14-6-5-7-15(8-14)24(30)31/h5-8,16,18-20,22H,9-10H2,1-4H3,(H,23,29). The number of esters is 4. The second kappa shape index (κ2) is 13.3. The Labute approximate surface area is 210 Å². The number of amides is 1. The number of nitro benzene ring substituents is 1. The van der Waals surface area contributed by atoms with Crippen molar-refractivity contribution in [3.63, 3.8) is 0 Å². The first-order valence-corrected chi connectivity index (χ1v) is 10.8. The molecule has 1 amide bonds. The third-order valence-electron chi connectivity index (χ3n) is 4.92. The van der Waals surface area contributed by atoms with Crippen LogP contribution in [0.15, 0.2) is 24.3 Å². The van der Waals surface area contributed by atoms with E-state index >= 15 is 0 Å². The summed E-state index contributed by atoms with van der Waals surface area (Å²) in [6.07, 6.45) is -5.59. The molecule has 2 rings (SSSR count). The lowest BCUT2D eigenvalue weighted by Gasteiger charge is -2.44. The number of rotatable bonds is 10. The smallest absolute Gasteiger partial charge is 0.331 e. The number of nitro groups is 1. The SMILES string of the molecule is COC(=O)COC1C(NC(=O)c2cccc([N+](=O)[O-])c2)C(OC(C)=O)OC(COC(C)=O)C1OC(C)=O. The second-order valence-electron chi connectivity index (χ2n) is 7.69. The second-order valence-corrected chi connectivity index (χ2v) is 7.69. The van der Waals surface area contributed by atoms with Crippen LogP contribution in [-0.4, -0.2) is 85.7 Å². The number of non-ortho nitro benzene ring substituents is 1. The van der Waals surface area contributed by atoms with E-state index in [1.54, 1.807) is 0 Å². The molecule has 0 aromatic heterocycles. The van der Waals surface area contributed by atoms with Crippen LogP contribution in [0, 0.1) is 10.1 Å². The largest absolute Gasteiger partial charge is 0.467 e. The van der Waals surface area contributed by atoms with E-state index < -0.39 is 78.6 Å². The van der Waals surface area contributed by atoms with Gasteiger partial charge in [-0.25, -0.2) is 4.79 Å². The maximum atomic E-state index is 13.0. The highest BCUT2D eigenvalue weighted by atomic mass is 16.7. The summed E-state index contributed by atoms with van der Waals surface area (Å²) in [4.78, 5) is 70.3. The van der Waals surface area contributed by atoms with Crippen molar-refractivity contribution in [1.29, 1.82) is 0 Å². The summed E-state index contributed by atoms with van der Waals surface area (Å²) in [5.74, 6) is -4.01. The number of hydrogen-bond donors (Lipinski definition) is 1.